The summed E-state index contributed by atoms with van der Waals surface area (Å²) < 4.78 is 0. The number of rotatable bonds is 5. The van der Waals surface area contributed by atoms with Gasteiger partial charge in [-0.05, 0) is 6.42 Å². The van der Waals surface area contributed by atoms with Crippen LogP contribution in [0, 0.1) is 0 Å². The van der Waals surface area contributed by atoms with E-state index in [0.717, 1.165) is 12.8 Å². The fourth-order valence-corrected chi connectivity index (χ4v) is 0.551. The third-order valence-electron chi connectivity index (χ3n) is 1.13. The van der Waals surface area contributed by atoms with Crippen LogP contribution in [0.15, 0.2) is 0 Å². The van der Waals surface area contributed by atoms with Crippen molar-refractivity contribution < 1.29 is 14.9 Å². The van der Waals surface area contributed by atoms with Crippen LogP contribution in [-0.2, 0) is 9.68 Å². The molecule has 9 heavy (non-hydrogen) atoms. The molecule has 1 N–H and O–H groups in total. The van der Waals surface area contributed by atoms with E-state index in [9.17, 15) is 4.79 Å². The Kier molecular flexibility index (Phi) is 5.46. The normalized spacial score (nSPS) is 13.1. The Morgan fingerprint density at radius 2 is 2.44 bits per heavy atom. The molecule has 0 aromatic carbocycles. The van der Waals surface area contributed by atoms with Gasteiger partial charge in [0.15, 0.2) is 6.29 Å². The quantitative estimate of drug-likeness (QED) is 0.347. The summed E-state index contributed by atoms with van der Waals surface area (Å²) in [6, 6.07) is 0. The van der Waals surface area contributed by atoms with Crippen molar-refractivity contribution in [2.45, 2.75) is 32.3 Å². The summed E-state index contributed by atoms with van der Waals surface area (Å²) >= 11 is 0. The van der Waals surface area contributed by atoms with Crippen LogP contribution in [0.5, 0.6) is 0 Å². The van der Waals surface area contributed by atoms with Crippen LogP contribution < -0.4 is 0 Å². The highest BCUT2D eigenvalue weighted by Crippen LogP contribution is 1.99. The third-order valence-corrected chi connectivity index (χ3v) is 1.13. The summed E-state index contributed by atoms with van der Waals surface area (Å²) in [5, 5.41) is 8.02. The van der Waals surface area contributed by atoms with E-state index in [0.29, 0.717) is 12.7 Å². The van der Waals surface area contributed by atoms with Gasteiger partial charge in [-0.2, -0.15) is 0 Å². The molecule has 0 spiro atoms. The summed E-state index contributed by atoms with van der Waals surface area (Å²) in [7, 11) is 0. The van der Waals surface area contributed by atoms with Crippen LogP contribution in [0.2, 0.25) is 0 Å². The van der Waals surface area contributed by atoms with Crippen molar-refractivity contribution in [3.8, 4) is 0 Å². The summed E-state index contributed by atoms with van der Waals surface area (Å²) in [5.41, 5.74) is 0. The van der Waals surface area contributed by atoms with E-state index < -0.39 is 6.10 Å². The van der Waals surface area contributed by atoms with Gasteiger partial charge in [0.25, 0.3) is 0 Å². The van der Waals surface area contributed by atoms with E-state index in [4.69, 9.17) is 5.26 Å². The molecule has 54 valence electrons. The van der Waals surface area contributed by atoms with E-state index >= 15 is 0 Å². The fraction of sp³-hybridized carbons (Fsp3) is 0.833. The number of hydrogen-bond donors (Lipinski definition) is 1. The summed E-state index contributed by atoms with van der Waals surface area (Å²) in [5.74, 6) is 0. The Morgan fingerprint density at radius 3 is 2.78 bits per heavy atom. The molecular weight excluding hydrogens is 120 g/mol. The minimum atomic E-state index is -0.620. The number of unbranched alkanes of at least 4 members (excludes halogenated alkanes) is 1. The second kappa shape index (κ2) is 5.72. The smallest absolute Gasteiger partial charge is 0.152 e. The van der Waals surface area contributed by atoms with Gasteiger partial charge in [0, 0.05) is 0 Å². The molecule has 0 aromatic rings. The van der Waals surface area contributed by atoms with Gasteiger partial charge < -0.3 is 4.79 Å². The molecule has 0 fully saturated rings. The van der Waals surface area contributed by atoms with E-state index in [2.05, 4.69) is 4.89 Å². The summed E-state index contributed by atoms with van der Waals surface area (Å²) in [6.07, 6.45) is 2.51. The Labute approximate surface area is 54.6 Å². The van der Waals surface area contributed by atoms with Gasteiger partial charge in [-0.25, -0.2) is 4.89 Å². The first kappa shape index (κ1) is 8.59. The summed E-state index contributed by atoms with van der Waals surface area (Å²) in [6.45, 7) is 2.01. The summed E-state index contributed by atoms with van der Waals surface area (Å²) in [4.78, 5) is 13.8. The average Bonchev–Trinajstić information content (AvgIpc) is 1.91. The Bertz CT molecular complexity index is 72.7. The SMILES string of the molecule is CCCCC(C=O)OO. The first-order valence-corrected chi connectivity index (χ1v) is 3.10. The predicted molar refractivity (Wildman–Crippen MR) is 33.1 cm³/mol. The maximum atomic E-state index is 9.96. The fourth-order valence-electron chi connectivity index (χ4n) is 0.551. The zero-order chi connectivity index (χ0) is 7.11. The van der Waals surface area contributed by atoms with Gasteiger partial charge in [0.05, 0.1) is 0 Å². The molecule has 0 bridgehead atoms. The monoisotopic (exact) mass is 132 g/mol. The van der Waals surface area contributed by atoms with E-state index in [1.54, 1.807) is 0 Å². The van der Waals surface area contributed by atoms with Crippen LogP contribution in [0.1, 0.15) is 26.2 Å². The molecule has 3 heteroatoms. The van der Waals surface area contributed by atoms with Gasteiger partial charge in [-0.3, -0.25) is 5.26 Å². The van der Waals surface area contributed by atoms with Crippen molar-refractivity contribution in [3.05, 3.63) is 0 Å². The highest BCUT2D eigenvalue weighted by atomic mass is 17.1. The van der Waals surface area contributed by atoms with Crippen molar-refractivity contribution in [1.29, 1.82) is 0 Å². The maximum Gasteiger partial charge on any atom is 0.152 e. The average molecular weight is 132 g/mol. The minimum Gasteiger partial charge on any atom is -0.300 e. The van der Waals surface area contributed by atoms with Crippen molar-refractivity contribution in [2.75, 3.05) is 0 Å². The molecule has 1 unspecified atom stereocenters. The largest absolute Gasteiger partial charge is 0.300 e. The molecule has 3 nitrogen and oxygen atoms in total. The van der Waals surface area contributed by atoms with Crippen molar-refractivity contribution in [1.82, 2.24) is 0 Å². The number of hydrogen-bond acceptors (Lipinski definition) is 3. The zero-order valence-corrected chi connectivity index (χ0v) is 5.54. The first-order chi connectivity index (χ1) is 4.35. The van der Waals surface area contributed by atoms with Gasteiger partial charge >= 0.3 is 0 Å². The second-order valence-corrected chi connectivity index (χ2v) is 1.92. The van der Waals surface area contributed by atoms with Crippen LogP contribution in [-0.4, -0.2) is 17.6 Å². The first-order valence-electron chi connectivity index (χ1n) is 3.10. The van der Waals surface area contributed by atoms with Crippen LogP contribution in [0.4, 0.5) is 0 Å². The lowest BCUT2D eigenvalue weighted by Gasteiger charge is -2.02. The van der Waals surface area contributed by atoms with Gasteiger partial charge in [0.1, 0.15) is 6.10 Å². The molecule has 1 atom stereocenters. The molecule has 0 saturated heterocycles. The second-order valence-electron chi connectivity index (χ2n) is 1.92. The highest BCUT2D eigenvalue weighted by molar-refractivity contribution is 5.55. The van der Waals surface area contributed by atoms with Crippen LogP contribution in [0.25, 0.3) is 0 Å². The standard InChI is InChI=1S/C6H12O3/c1-2-3-4-6(5-7)9-8/h5-6,8H,2-4H2,1H3. The van der Waals surface area contributed by atoms with E-state index in [1.807, 2.05) is 6.92 Å². The molecule has 0 rings (SSSR count). The molecule has 0 aliphatic carbocycles. The van der Waals surface area contributed by atoms with E-state index in [-0.39, 0.29) is 0 Å². The maximum absolute atomic E-state index is 9.96. The molecular formula is C6H12O3. The molecule has 0 saturated carbocycles. The number of carbonyl (C=O) groups excluding carboxylic acids is 1. The molecule has 0 aromatic heterocycles. The molecule has 0 amide bonds. The third kappa shape index (κ3) is 4.12. The Morgan fingerprint density at radius 1 is 1.78 bits per heavy atom. The van der Waals surface area contributed by atoms with Crippen LogP contribution in [0.3, 0.4) is 0 Å². The van der Waals surface area contributed by atoms with Crippen molar-refractivity contribution in [2.24, 2.45) is 0 Å². The molecule has 0 aliphatic heterocycles. The number of carbonyl (C=O) groups is 1. The molecule has 0 aliphatic rings. The van der Waals surface area contributed by atoms with Gasteiger partial charge in [0.2, 0.25) is 0 Å². The molecule has 0 heterocycles. The van der Waals surface area contributed by atoms with Crippen molar-refractivity contribution >= 4 is 6.29 Å². The highest BCUT2D eigenvalue weighted by Gasteiger charge is 2.03. The Balaban J connectivity index is 3.20. The van der Waals surface area contributed by atoms with Gasteiger partial charge in [-0.15, -0.1) is 0 Å². The Hall–Kier alpha value is -0.410. The lowest BCUT2D eigenvalue weighted by Crippen LogP contribution is -2.11. The van der Waals surface area contributed by atoms with Gasteiger partial charge in [-0.1, -0.05) is 19.8 Å². The minimum absolute atomic E-state index is 0.607. The van der Waals surface area contributed by atoms with Crippen LogP contribution >= 0.6 is 0 Å². The predicted octanol–water partition coefficient (Wildman–Crippen LogP) is 1.23. The van der Waals surface area contributed by atoms with Crippen molar-refractivity contribution in [3.63, 3.8) is 0 Å². The topological polar surface area (TPSA) is 46.5 Å². The molecule has 0 radical (unpaired) electrons. The zero-order valence-electron chi connectivity index (χ0n) is 5.54. The number of aldehydes is 1. The lowest BCUT2D eigenvalue weighted by molar-refractivity contribution is -0.268. The van der Waals surface area contributed by atoms with E-state index in [1.165, 1.54) is 0 Å². The lowest BCUT2D eigenvalue weighted by atomic mass is 10.2.